The Hall–Kier alpha value is -2.15. The van der Waals surface area contributed by atoms with E-state index in [9.17, 15) is 18.0 Å². The van der Waals surface area contributed by atoms with Gasteiger partial charge >= 0.3 is 6.18 Å². The zero-order valence-electron chi connectivity index (χ0n) is 14.5. The third kappa shape index (κ3) is 3.65. The summed E-state index contributed by atoms with van der Waals surface area (Å²) in [5.74, 6) is -0.174. The van der Waals surface area contributed by atoms with Crippen LogP contribution >= 0.6 is 11.8 Å². The number of hydrogen-bond acceptors (Lipinski definition) is 3. The van der Waals surface area contributed by atoms with Gasteiger partial charge in [0, 0.05) is 23.7 Å². The van der Waals surface area contributed by atoms with Crippen molar-refractivity contribution in [2.24, 2.45) is 0 Å². The van der Waals surface area contributed by atoms with Crippen LogP contribution in [0.3, 0.4) is 0 Å². The Morgan fingerprint density at radius 3 is 2.41 bits per heavy atom. The number of nitrogens with one attached hydrogen (secondary N) is 1. The highest BCUT2D eigenvalue weighted by Crippen LogP contribution is 2.41. The third-order valence-electron chi connectivity index (χ3n) is 5.16. The molecule has 1 fully saturated rings. The van der Waals surface area contributed by atoms with Gasteiger partial charge in [-0.3, -0.25) is 4.79 Å². The van der Waals surface area contributed by atoms with Gasteiger partial charge in [0.05, 0.1) is 5.56 Å². The highest BCUT2D eigenvalue weighted by molar-refractivity contribution is 8.01. The van der Waals surface area contributed by atoms with Crippen LogP contribution in [-0.4, -0.2) is 29.3 Å². The summed E-state index contributed by atoms with van der Waals surface area (Å²) in [5.41, 5.74) is 0.742. The molecule has 142 valence electrons. The number of alkyl halides is 3. The Bertz CT molecular complexity index is 822. The second kappa shape index (κ2) is 7.11. The number of fused-ring (bicyclic) bond motifs is 1. The second-order valence-electron chi connectivity index (χ2n) is 6.82. The Morgan fingerprint density at radius 1 is 1.04 bits per heavy atom. The molecule has 0 saturated carbocycles. The topological polar surface area (TPSA) is 32.3 Å². The molecular weight excluding hydrogens is 373 g/mol. The number of likely N-dealkylation sites (tertiary alicyclic amines) is 1. The minimum Gasteiger partial charge on any atom is -0.364 e. The van der Waals surface area contributed by atoms with Gasteiger partial charge in [-0.1, -0.05) is 42.1 Å². The van der Waals surface area contributed by atoms with E-state index < -0.39 is 11.7 Å². The Kier molecular flexibility index (Phi) is 4.80. The number of halogens is 3. The quantitative estimate of drug-likeness (QED) is 0.784. The Balaban J connectivity index is 1.41. The molecule has 1 atom stereocenters. The van der Waals surface area contributed by atoms with Crippen LogP contribution in [0.15, 0.2) is 53.4 Å². The summed E-state index contributed by atoms with van der Waals surface area (Å²) in [5, 5.41) is 2.87. The van der Waals surface area contributed by atoms with Crippen LogP contribution in [0.25, 0.3) is 0 Å². The standard InChI is InChI=1S/C20H19F3N2OS/c21-20(22,23)15-6-2-1-5-14(15)13-9-11-25(12-10-13)19(26)18-24-16-7-3-4-8-17(16)27-18/h1-8,13,18,24H,9-12H2. The molecule has 2 heterocycles. The molecule has 2 aromatic rings. The summed E-state index contributed by atoms with van der Waals surface area (Å²) >= 11 is 1.49. The molecule has 7 heteroatoms. The molecule has 0 spiro atoms. The van der Waals surface area contributed by atoms with Gasteiger partial charge in [0.1, 0.15) is 0 Å². The zero-order chi connectivity index (χ0) is 19.0. The monoisotopic (exact) mass is 392 g/mol. The normalized spacial score (nSPS) is 20.3. The Labute approximate surface area is 159 Å². The predicted molar refractivity (Wildman–Crippen MR) is 99.7 cm³/mol. The van der Waals surface area contributed by atoms with Crippen LogP contribution in [0, 0.1) is 0 Å². The fourth-order valence-electron chi connectivity index (χ4n) is 3.79. The molecule has 1 unspecified atom stereocenters. The molecular formula is C20H19F3N2OS. The molecule has 2 aliphatic heterocycles. The van der Waals surface area contributed by atoms with Crippen molar-refractivity contribution in [3.05, 3.63) is 59.7 Å². The predicted octanol–water partition coefficient (Wildman–Crippen LogP) is 4.96. The molecule has 1 saturated heterocycles. The molecule has 1 amide bonds. The minimum atomic E-state index is -4.35. The highest BCUT2D eigenvalue weighted by atomic mass is 32.2. The number of piperidine rings is 1. The molecule has 0 bridgehead atoms. The maximum atomic E-state index is 13.3. The molecule has 3 nitrogen and oxygen atoms in total. The number of nitrogens with zero attached hydrogens (tertiary/aromatic N) is 1. The average Bonchev–Trinajstić information content (AvgIpc) is 3.11. The molecule has 2 aliphatic rings. The summed E-state index contributed by atoms with van der Waals surface area (Å²) in [6, 6.07) is 13.5. The fraction of sp³-hybridized carbons (Fsp3) is 0.350. The van der Waals surface area contributed by atoms with E-state index in [4.69, 9.17) is 0 Å². The molecule has 27 heavy (non-hydrogen) atoms. The highest BCUT2D eigenvalue weighted by Gasteiger charge is 2.37. The van der Waals surface area contributed by atoms with E-state index in [0.717, 1.165) is 16.6 Å². The van der Waals surface area contributed by atoms with Gasteiger partial charge < -0.3 is 10.2 Å². The van der Waals surface area contributed by atoms with Crippen molar-refractivity contribution < 1.29 is 18.0 Å². The fourth-order valence-corrected chi connectivity index (χ4v) is 4.89. The van der Waals surface area contributed by atoms with Gasteiger partial charge in [-0.15, -0.1) is 0 Å². The van der Waals surface area contributed by atoms with Crippen molar-refractivity contribution in [2.75, 3.05) is 18.4 Å². The average molecular weight is 392 g/mol. The number of hydrogen-bond donors (Lipinski definition) is 1. The summed E-state index contributed by atoms with van der Waals surface area (Å²) < 4.78 is 39.8. The van der Waals surface area contributed by atoms with E-state index in [0.29, 0.717) is 31.5 Å². The molecule has 0 aliphatic carbocycles. The number of carbonyl (C=O) groups excluding carboxylic acids is 1. The van der Waals surface area contributed by atoms with E-state index in [-0.39, 0.29) is 17.2 Å². The van der Waals surface area contributed by atoms with Gasteiger partial charge in [-0.05, 0) is 42.5 Å². The summed E-state index contributed by atoms with van der Waals surface area (Å²) in [6.45, 7) is 0.954. The van der Waals surface area contributed by atoms with Crippen LogP contribution in [0.1, 0.15) is 29.9 Å². The Morgan fingerprint density at radius 2 is 1.70 bits per heavy atom. The van der Waals surface area contributed by atoms with Crippen molar-refractivity contribution in [3.63, 3.8) is 0 Å². The summed E-state index contributed by atoms with van der Waals surface area (Å²) in [6.07, 6.45) is -3.26. The second-order valence-corrected chi connectivity index (χ2v) is 7.97. The molecule has 2 aromatic carbocycles. The number of carbonyl (C=O) groups is 1. The van der Waals surface area contributed by atoms with Crippen molar-refractivity contribution in [3.8, 4) is 0 Å². The van der Waals surface area contributed by atoms with Crippen LogP contribution < -0.4 is 5.32 Å². The van der Waals surface area contributed by atoms with Gasteiger partial charge in [0.2, 0.25) is 0 Å². The lowest BCUT2D eigenvalue weighted by Gasteiger charge is -2.34. The van der Waals surface area contributed by atoms with Gasteiger partial charge in [-0.25, -0.2) is 0 Å². The number of para-hydroxylation sites is 1. The van der Waals surface area contributed by atoms with E-state index in [1.54, 1.807) is 17.0 Å². The lowest BCUT2D eigenvalue weighted by Crippen LogP contribution is -2.44. The number of benzene rings is 2. The van der Waals surface area contributed by atoms with Crippen molar-refractivity contribution in [1.29, 1.82) is 0 Å². The van der Waals surface area contributed by atoms with E-state index in [1.807, 2.05) is 24.3 Å². The van der Waals surface area contributed by atoms with Crippen molar-refractivity contribution in [2.45, 2.75) is 35.2 Å². The summed E-state index contributed by atoms with van der Waals surface area (Å²) in [4.78, 5) is 15.6. The first kappa shape index (κ1) is 18.2. The molecule has 0 aromatic heterocycles. The van der Waals surface area contributed by atoms with E-state index in [1.165, 1.54) is 17.8 Å². The van der Waals surface area contributed by atoms with Gasteiger partial charge in [-0.2, -0.15) is 13.2 Å². The van der Waals surface area contributed by atoms with Crippen LogP contribution in [0.4, 0.5) is 18.9 Å². The van der Waals surface area contributed by atoms with Crippen molar-refractivity contribution >= 4 is 23.4 Å². The number of thioether (sulfide) groups is 1. The lowest BCUT2D eigenvalue weighted by molar-refractivity contribution is -0.139. The maximum Gasteiger partial charge on any atom is 0.416 e. The van der Waals surface area contributed by atoms with Crippen LogP contribution in [-0.2, 0) is 11.0 Å². The molecule has 1 N–H and O–H groups in total. The SMILES string of the molecule is O=C(C1Nc2ccccc2S1)N1CCC(c2ccccc2C(F)(F)F)CC1. The summed E-state index contributed by atoms with van der Waals surface area (Å²) in [7, 11) is 0. The molecule has 4 rings (SSSR count). The van der Waals surface area contributed by atoms with E-state index in [2.05, 4.69) is 5.32 Å². The number of anilines is 1. The largest absolute Gasteiger partial charge is 0.416 e. The zero-order valence-corrected chi connectivity index (χ0v) is 15.3. The smallest absolute Gasteiger partial charge is 0.364 e. The third-order valence-corrected chi connectivity index (χ3v) is 6.32. The first-order valence-corrected chi connectivity index (χ1v) is 9.78. The minimum absolute atomic E-state index is 0.00115. The van der Waals surface area contributed by atoms with Crippen molar-refractivity contribution in [1.82, 2.24) is 4.90 Å². The maximum absolute atomic E-state index is 13.3. The lowest BCUT2D eigenvalue weighted by atomic mass is 9.86. The van der Waals surface area contributed by atoms with Gasteiger partial charge in [0.15, 0.2) is 5.37 Å². The van der Waals surface area contributed by atoms with Crippen LogP contribution in [0.2, 0.25) is 0 Å². The van der Waals surface area contributed by atoms with E-state index >= 15 is 0 Å². The number of rotatable bonds is 2. The first-order valence-electron chi connectivity index (χ1n) is 8.90. The molecule has 0 radical (unpaired) electrons. The first-order chi connectivity index (χ1) is 12.9. The van der Waals surface area contributed by atoms with Crippen LogP contribution in [0.5, 0.6) is 0 Å². The number of amides is 1. The van der Waals surface area contributed by atoms with Gasteiger partial charge in [0.25, 0.3) is 5.91 Å².